The van der Waals surface area contributed by atoms with Crippen molar-refractivity contribution in [3.63, 3.8) is 0 Å². The van der Waals surface area contributed by atoms with Crippen LogP contribution >= 0.6 is 0 Å². The van der Waals surface area contributed by atoms with Gasteiger partial charge < -0.3 is 15.0 Å². The van der Waals surface area contributed by atoms with Gasteiger partial charge in [-0.2, -0.15) is 0 Å². The molecule has 0 bridgehead atoms. The van der Waals surface area contributed by atoms with E-state index >= 15 is 0 Å². The molecule has 0 saturated carbocycles. The molecule has 2 aromatic carbocycles. The van der Waals surface area contributed by atoms with E-state index in [4.69, 9.17) is 4.74 Å². The number of nitrogens with zero attached hydrogens (tertiary/aromatic N) is 1. The van der Waals surface area contributed by atoms with Crippen molar-refractivity contribution >= 4 is 11.8 Å². The number of benzene rings is 2. The Labute approximate surface area is 180 Å². The minimum absolute atomic E-state index is 0.0916. The second-order valence-electron chi connectivity index (χ2n) is 7.63. The number of unbranched alkanes of at least 4 members (excludes halogenated alkanes) is 1. The van der Waals surface area contributed by atoms with Crippen LogP contribution in [0.3, 0.4) is 0 Å². The molecule has 0 aromatic heterocycles. The first kappa shape index (κ1) is 23.5. The molecule has 0 spiro atoms. The maximum absolute atomic E-state index is 13.0. The number of carbonyl (C=O) groups is 2. The SMILES string of the molecule is CCCCNC(=O)C(C)N(CCc1ccccc1)C(=O)COc1cccc(C)c1C. The van der Waals surface area contributed by atoms with Gasteiger partial charge in [-0.05, 0) is 56.4 Å². The van der Waals surface area contributed by atoms with Crippen LogP contribution in [0.2, 0.25) is 0 Å². The fourth-order valence-corrected chi connectivity index (χ4v) is 3.21. The van der Waals surface area contributed by atoms with Crippen molar-refractivity contribution in [2.24, 2.45) is 0 Å². The first-order valence-electron chi connectivity index (χ1n) is 10.7. The number of carbonyl (C=O) groups excluding carboxylic acids is 2. The number of hydrogen-bond donors (Lipinski definition) is 1. The molecule has 2 rings (SSSR count). The van der Waals surface area contributed by atoms with Gasteiger partial charge in [0.05, 0.1) is 0 Å². The van der Waals surface area contributed by atoms with Gasteiger partial charge in [-0.15, -0.1) is 0 Å². The van der Waals surface area contributed by atoms with E-state index in [9.17, 15) is 9.59 Å². The Morgan fingerprint density at radius 1 is 1.07 bits per heavy atom. The standard InChI is InChI=1S/C25H34N2O3/c1-5-6-16-26-25(29)21(4)27(17-15-22-12-8-7-9-13-22)24(28)18-30-23-14-10-11-19(2)20(23)3/h7-14,21H,5-6,15-18H2,1-4H3,(H,26,29). The van der Waals surface area contributed by atoms with Gasteiger partial charge >= 0.3 is 0 Å². The van der Waals surface area contributed by atoms with E-state index in [0.717, 1.165) is 29.5 Å². The highest BCUT2D eigenvalue weighted by molar-refractivity contribution is 5.88. The highest BCUT2D eigenvalue weighted by atomic mass is 16.5. The molecule has 5 heteroatoms. The molecule has 162 valence electrons. The van der Waals surface area contributed by atoms with Crippen molar-refractivity contribution < 1.29 is 14.3 Å². The van der Waals surface area contributed by atoms with E-state index in [2.05, 4.69) is 12.2 Å². The summed E-state index contributed by atoms with van der Waals surface area (Å²) in [5.74, 6) is 0.382. The molecule has 0 radical (unpaired) electrons. The van der Waals surface area contributed by atoms with E-state index in [0.29, 0.717) is 25.3 Å². The number of amides is 2. The first-order chi connectivity index (χ1) is 14.4. The van der Waals surface area contributed by atoms with Crippen LogP contribution in [0.5, 0.6) is 5.75 Å². The molecule has 1 unspecified atom stereocenters. The van der Waals surface area contributed by atoms with E-state index in [1.54, 1.807) is 11.8 Å². The first-order valence-corrected chi connectivity index (χ1v) is 10.7. The van der Waals surface area contributed by atoms with Crippen LogP contribution in [0, 0.1) is 13.8 Å². The molecule has 0 aliphatic rings. The van der Waals surface area contributed by atoms with Crippen LogP contribution in [0.25, 0.3) is 0 Å². The van der Waals surface area contributed by atoms with Crippen LogP contribution < -0.4 is 10.1 Å². The Morgan fingerprint density at radius 3 is 2.50 bits per heavy atom. The summed E-state index contributed by atoms with van der Waals surface area (Å²) in [6.07, 6.45) is 2.61. The summed E-state index contributed by atoms with van der Waals surface area (Å²) in [4.78, 5) is 27.3. The molecular weight excluding hydrogens is 376 g/mol. The smallest absolute Gasteiger partial charge is 0.261 e. The Morgan fingerprint density at radius 2 is 1.80 bits per heavy atom. The lowest BCUT2D eigenvalue weighted by molar-refractivity contribution is -0.141. The monoisotopic (exact) mass is 410 g/mol. The van der Waals surface area contributed by atoms with Gasteiger partial charge in [0, 0.05) is 13.1 Å². The second kappa shape index (κ2) is 12.0. The van der Waals surface area contributed by atoms with E-state index in [1.807, 2.05) is 62.4 Å². The van der Waals surface area contributed by atoms with E-state index < -0.39 is 6.04 Å². The minimum Gasteiger partial charge on any atom is -0.483 e. The molecule has 1 N–H and O–H groups in total. The topological polar surface area (TPSA) is 58.6 Å². The van der Waals surface area contributed by atoms with Crippen molar-refractivity contribution in [2.75, 3.05) is 19.7 Å². The zero-order chi connectivity index (χ0) is 21.9. The third-order valence-corrected chi connectivity index (χ3v) is 5.39. The van der Waals surface area contributed by atoms with Crippen LogP contribution in [-0.4, -0.2) is 42.5 Å². The number of ether oxygens (including phenoxy) is 1. The molecule has 0 aliphatic carbocycles. The number of rotatable bonds is 11. The lowest BCUT2D eigenvalue weighted by Gasteiger charge is -2.29. The summed E-state index contributed by atoms with van der Waals surface area (Å²) in [6, 6.07) is 15.2. The summed E-state index contributed by atoms with van der Waals surface area (Å²) in [6.45, 7) is 8.84. The lowest BCUT2D eigenvalue weighted by atomic mass is 10.1. The lowest BCUT2D eigenvalue weighted by Crippen LogP contribution is -2.50. The van der Waals surface area contributed by atoms with Gasteiger partial charge in [-0.25, -0.2) is 0 Å². The largest absolute Gasteiger partial charge is 0.483 e. The van der Waals surface area contributed by atoms with Crippen LogP contribution in [0.4, 0.5) is 0 Å². The fourth-order valence-electron chi connectivity index (χ4n) is 3.21. The average Bonchev–Trinajstić information content (AvgIpc) is 2.75. The third kappa shape index (κ3) is 6.90. The molecule has 0 saturated heterocycles. The second-order valence-corrected chi connectivity index (χ2v) is 7.63. The summed E-state index contributed by atoms with van der Waals surface area (Å²) in [5.41, 5.74) is 3.26. The summed E-state index contributed by atoms with van der Waals surface area (Å²) in [5, 5.41) is 2.93. The molecule has 5 nitrogen and oxygen atoms in total. The highest BCUT2D eigenvalue weighted by Gasteiger charge is 2.26. The summed E-state index contributed by atoms with van der Waals surface area (Å²) >= 11 is 0. The molecule has 0 heterocycles. The molecule has 30 heavy (non-hydrogen) atoms. The minimum atomic E-state index is -0.555. The van der Waals surface area contributed by atoms with Gasteiger partial charge in [0.25, 0.3) is 5.91 Å². The van der Waals surface area contributed by atoms with E-state index in [-0.39, 0.29) is 18.4 Å². The number of nitrogens with one attached hydrogen (secondary N) is 1. The Balaban J connectivity index is 2.07. The number of hydrogen-bond acceptors (Lipinski definition) is 3. The quantitative estimate of drug-likeness (QED) is 0.569. The van der Waals surface area contributed by atoms with Crippen molar-refractivity contribution in [3.8, 4) is 5.75 Å². The molecule has 2 aromatic rings. The van der Waals surface area contributed by atoms with Crippen LogP contribution in [-0.2, 0) is 16.0 Å². The van der Waals surface area contributed by atoms with Crippen molar-refractivity contribution in [2.45, 2.75) is 53.0 Å². The van der Waals surface area contributed by atoms with Gasteiger partial charge in [0.2, 0.25) is 5.91 Å². The summed E-state index contributed by atoms with van der Waals surface area (Å²) in [7, 11) is 0. The Bertz CT molecular complexity index is 820. The van der Waals surface area contributed by atoms with E-state index in [1.165, 1.54) is 0 Å². The number of aryl methyl sites for hydroxylation is 1. The zero-order valence-electron chi connectivity index (χ0n) is 18.6. The average molecular weight is 411 g/mol. The predicted molar refractivity (Wildman–Crippen MR) is 121 cm³/mol. The molecule has 0 fully saturated rings. The third-order valence-electron chi connectivity index (χ3n) is 5.39. The molecule has 1 atom stereocenters. The fraction of sp³-hybridized carbons (Fsp3) is 0.440. The maximum atomic E-state index is 13.0. The maximum Gasteiger partial charge on any atom is 0.261 e. The summed E-state index contributed by atoms with van der Waals surface area (Å²) < 4.78 is 5.82. The molecule has 2 amide bonds. The normalized spacial score (nSPS) is 11.6. The molecule has 0 aliphatic heterocycles. The van der Waals surface area contributed by atoms with Gasteiger partial charge in [-0.1, -0.05) is 55.8 Å². The highest BCUT2D eigenvalue weighted by Crippen LogP contribution is 2.20. The van der Waals surface area contributed by atoms with Crippen LogP contribution in [0.15, 0.2) is 48.5 Å². The van der Waals surface area contributed by atoms with Crippen molar-refractivity contribution in [1.82, 2.24) is 10.2 Å². The van der Waals surface area contributed by atoms with Gasteiger partial charge in [0.15, 0.2) is 6.61 Å². The molecular formula is C25H34N2O3. The van der Waals surface area contributed by atoms with Gasteiger partial charge in [0.1, 0.15) is 11.8 Å². The Hall–Kier alpha value is -2.82. The predicted octanol–water partition coefficient (Wildman–Crippen LogP) is 4.06. The zero-order valence-corrected chi connectivity index (χ0v) is 18.6. The van der Waals surface area contributed by atoms with Crippen molar-refractivity contribution in [1.29, 1.82) is 0 Å². The van der Waals surface area contributed by atoms with Crippen LogP contribution in [0.1, 0.15) is 43.4 Å². The van der Waals surface area contributed by atoms with Gasteiger partial charge in [-0.3, -0.25) is 9.59 Å². The Kier molecular flexibility index (Phi) is 9.39. The van der Waals surface area contributed by atoms with Crippen molar-refractivity contribution in [3.05, 3.63) is 65.2 Å².